The molecule has 138 valence electrons. The number of hydrogen-bond donors (Lipinski definition) is 2. The summed E-state index contributed by atoms with van der Waals surface area (Å²) < 4.78 is 3.18. The summed E-state index contributed by atoms with van der Waals surface area (Å²) >= 11 is 0. The minimum atomic E-state index is -0.586. The molecule has 2 heterocycles. The van der Waals surface area contributed by atoms with Gasteiger partial charge in [-0.3, -0.25) is 9.59 Å². The Hall–Kier alpha value is -4.20. The maximum Gasteiger partial charge on any atom is 0.276 e. The average molecular weight is 372 g/mol. The van der Waals surface area contributed by atoms with Crippen molar-refractivity contribution in [1.82, 2.24) is 19.6 Å². The largest absolute Gasteiger partial charge is 0.364 e. The number of anilines is 1. The quantitative estimate of drug-likeness (QED) is 0.561. The molecule has 0 bridgehead atoms. The smallest absolute Gasteiger partial charge is 0.276 e. The third-order valence-corrected chi connectivity index (χ3v) is 4.07. The number of benzene rings is 2. The van der Waals surface area contributed by atoms with Crippen LogP contribution in [0.4, 0.5) is 5.69 Å². The Morgan fingerprint density at radius 1 is 0.750 bits per heavy atom. The van der Waals surface area contributed by atoms with Crippen LogP contribution in [0.2, 0.25) is 0 Å². The molecule has 0 fully saturated rings. The number of hydrogen-bond acceptors (Lipinski definition) is 4. The van der Waals surface area contributed by atoms with Gasteiger partial charge in [0.15, 0.2) is 5.69 Å². The molecule has 2 aromatic heterocycles. The molecule has 4 aromatic rings. The van der Waals surface area contributed by atoms with Crippen LogP contribution < -0.4 is 11.1 Å². The third-order valence-electron chi connectivity index (χ3n) is 4.07. The van der Waals surface area contributed by atoms with E-state index >= 15 is 0 Å². The van der Waals surface area contributed by atoms with Gasteiger partial charge in [-0.15, -0.1) is 0 Å². The van der Waals surface area contributed by atoms with Gasteiger partial charge in [-0.1, -0.05) is 18.2 Å². The fourth-order valence-electron chi connectivity index (χ4n) is 2.66. The first-order chi connectivity index (χ1) is 13.6. The summed E-state index contributed by atoms with van der Waals surface area (Å²) in [5.41, 5.74) is 7.93. The molecule has 3 N–H and O–H groups in total. The molecule has 0 aliphatic heterocycles. The van der Waals surface area contributed by atoms with Crippen LogP contribution in [0.3, 0.4) is 0 Å². The molecule has 8 nitrogen and oxygen atoms in total. The predicted octanol–water partition coefficient (Wildman–Crippen LogP) is 2.41. The van der Waals surface area contributed by atoms with Crippen LogP contribution in [0.15, 0.2) is 79.1 Å². The van der Waals surface area contributed by atoms with E-state index < -0.39 is 5.91 Å². The highest BCUT2D eigenvalue weighted by Gasteiger charge is 2.11. The van der Waals surface area contributed by atoms with E-state index in [4.69, 9.17) is 5.73 Å². The molecule has 0 spiro atoms. The molecule has 0 unspecified atom stereocenters. The van der Waals surface area contributed by atoms with Crippen LogP contribution in [0.1, 0.15) is 21.0 Å². The minimum Gasteiger partial charge on any atom is -0.364 e. The zero-order valence-electron chi connectivity index (χ0n) is 14.7. The SMILES string of the molecule is NC(=O)c1ccn(-c2ccc(NC(=O)c3ccn(-c4ccccc4)n3)cc2)n1. The number of rotatable bonds is 5. The van der Waals surface area contributed by atoms with Crippen molar-refractivity contribution in [1.29, 1.82) is 0 Å². The highest BCUT2D eigenvalue weighted by Crippen LogP contribution is 2.15. The summed E-state index contributed by atoms with van der Waals surface area (Å²) in [7, 11) is 0. The summed E-state index contributed by atoms with van der Waals surface area (Å²) in [4.78, 5) is 23.6. The number of nitrogens with one attached hydrogen (secondary N) is 1. The molecule has 0 aliphatic rings. The van der Waals surface area contributed by atoms with Crippen LogP contribution in [0, 0.1) is 0 Å². The molecule has 0 saturated heterocycles. The lowest BCUT2D eigenvalue weighted by atomic mass is 10.2. The Balaban J connectivity index is 1.46. The summed E-state index contributed by atoms with van der Waals surface area (Å²) in [5, 5.41) is 11.2. The van der Waals surface area contributed by atoms with Gasteiger partial charge in [-0.2, -0.15) is 10.2 Å². The van der Waals surface area contributed by atoms with E-state index in [1.54, 1.807) is 53.5 Å². The highest BCUT2D eigenvalue weighted by molar-refractivity contribution is 6.02. The number of para-hydroxylation sites is 1. The van der Waals surface area contributed by atoms with E-state index in [0.29, 0.717) is 11.4 Å². The van der Waals surface area contributed by atoms with Crippen molar-refractivity contribution in [2.75, 3.05) is 5.32 Å². The fourth-order valence-corrected chi connectivity index (χ4v) is 2.66. The normalized spacial score (nSPS) is 10.6. The van der Waals surface area contributed by atoms with E-state index in [2.05, 4.69) is 15.5 Å². The Morgan fingerprint density at radius 3 is 1.93 bits per heavy atom. The van der Waals surface area contributed by atoms with Crippen molar-refractivity contribution in [3.63, 3.8) is 0 Å². The van der Waals surface area contributed by atoms with E-state index in [-0.39, 0.29) is 11.6 Å². The lowest BCUT2D eigenvalue weighted by Gasteiger charge is -2.06. The van der Waals surface area contributed by atoms with Crippen LogP contribution in [-0.4, -0.2) is 31.4 Å². The molecular formula is C20H16N6O2. The van der Waals surface area contributed by atoms with E-state index in [1.807, 2.05) is 30.3 Å². The van der Waals surface area contributed by atoms with Gasteiger partial charge in [0, 0.05) is 18.1 Å². The topological polar surface area (TPSA) is 108 Å². The zero-order valence-corrected chi connectivity index (χ0v) is 14.7. The molecule has 2 aromatic carbocycles. The molecule has 0 aliphatic carbocycles. The standard InChI is InChI=1S/C20H16N6O2/c21-19(27)17-10-12-26(23-17)16-8-6-14(7-9-16)22-20(28)18-11-13-25(24-18)15-4-2-1-3-5-15/h1-13H,(H2,21,27)(H,22,28). The van der Waals surface area contributed by atoms with E-state index in [1.165, 1.54) is 4.68 Å². The molecule has 8 heteroatoms. The average Bonchev–Trinajstić information content (AvgIpc) is 3.39. The maximum absolute atomic E-state index is 12.4. The number of nitrogens with zero attached hydrogens (tertiary/aromatic N) is 4. The van der Waals surface area contributed by atoms with Gasteiger partial charge in [0.2, 0.25) is 0 Å². The minimum absolute atomic E-state index is 0.186. The second-order valence-corrected chi connectivity index (χ2v) is 5.99. The number of primary amides is 1. The molecule has 0 radical (unpaired) electrons. The number of aromatic nitrogens is 4. The number of nitrogens with two attached hydrogens (primary N) is 1. The molecule has 4 rings (SSSR count). The molecule has 28 heavy (non-hydrogen) atoms. The molecule has 2 amide bonds. The van der Waals surface area contributed by atoms with Crippen LogP contribution in [0.5, 0.6) is 0 Å². The van der Waals surface area contributed by atoms with Gasteiger partial charge in [0.25, 0.3) is 11.8 Å². The van der Waals surface area contributed by atoms with Crippen molar-refractivity contribution in [2.24, 2.45) is 5.73 Å². The lowest BCUT2D eigenvalue weighted by Crippen LogP contribution is -2.13. The van der Waals surface area contributed by atoms with Gasteiger partial charge in [-0.25, -0.2) is 9.36 Å². The van der Waals surface area contributed by atoms with Gasteiger partial charge >= 0.3 is 0 Å². The van der Waals surface area contributed by atoms with Crippen molar-refractivity contribution in [3.8, 4) is 11.4 Å². The first-order valence-electron chi connectivity index (χ1n) is 8.48. The first-order valence-corrected chi connectivity index (χ1v) is 8.48. The van der Waals surface area contributed by atoms with E-state index in [9.17, 15) is 9.59 Å². The second-order valence-electron chi connectivity index (χ2n) is 5.99. The van der Waals surface area contributed by atoms with Crippen molar-refractivity contribution in [3.05, 3.63) is 90.5 Å². The van der Waals surface area contributed by atoms with Gasteiger partial charge in [0.1, 0.15) is 5.69 Å². The van der Waals surface area contributed by atoms with Crippen molar-refractivity contribution >= 4 is 17.5 Å². The third kappa shape index (κ3) is 3.51. The number of carbonyl (C=O) groups is 2. The van der Waals surface area contributed by atoms with Gasteiger partial charge in [0.05, 0.1) is 11.4 Å². The number of amides is 2. The zero-order chi connectivity index (χ0) is 19.5. The Kier molecular flexibility index (Phi) is 4.43. The monoisotopic (exact) mass is 372 g/mol. The van der Waals surface area contributed by atoms with Crippen molar-refractivity contribution in [2.45, 2.75) is 0 Å². The van der Waals surface area contributed by atoms with Gasteiger partial charge in [-0.05, 0) is 48.5 Å². The fraction of sp³-hybridized carbons (Fsp3) is 0. The summed E-state index contributed by atoms with van der Waals surface area (Å²) in [6.45, 7) is 0. The van der Waals surface area contributed by atoms with Crippen LogP contribution >= 0.6 is 0 Å². The first kappa shape index (κ1) is 17.2. The summed E-state index contributed by atoms with van der Waals surface area (Å²) in [6, 6.07) is 19.8. The summed E-state index contributed by atoms with van der Waals surface area (Å²) in [5.74, 6) is -0.893. The van der Waals surface area contributed by atoms with Crippen molar-refractivity contribution < 1.29 is 9.59 Å². The maximum atomic E-state index is 12.4. The number of carbonyl (C=O) groups excluding carboxylic acids is 2. The predicted molar refractivity (Wildman–Crippen MR) is 104 cm³/mol. The Labute approximate surface area is 160 Å². The summed E-state index contributed by atoms with van der Waals surface area (Å²) in [6.07, 6.45) is 3.38. The molecule has 0 atom stereocenters. The lowest BCUT2D eigenvalue weighted by molar-refractivity contribution is 0.0992. The molecule has 0 saturated carbocycles. The Bertz CT molecular complexity index is 1130. The van der Waals surface area contributed by atoms with E-state index in [0.717, 1.165) is 11.4 Å². The highest BCUT2D eigenvalue weighted by atomic mass is 16.2. The van der Waals surface area contributed by atoms with Crippen LogP contribution in [0.25, 0.3) is 11.4 Å². The Morgan fingerprint density at radius 2 is 1.32 bits per heavy atom. The molecular weight excluding hydrogens is 356 g/mol. The van der Waals surface area contributed by atoms with Gasteiger partial charge < -0.3 is 11.1 Å². The van der Waals surface area contributed by atoms with Crippen LogP contribution in [-0.2, 0) is 0 Å². The second kappa shape index (κ2) is 7.20.